The lowest BCUT2D eigenvalue weighted by Crippen LogP contribution is -2.45. The molecule has 0 spiro atoms. The molecule has 1 aliphatic heterocycles. The zero-order chi connectivity index (χ0) is 18.5. The van der Waals surface area contributed by atoms with Gasteiger partial charge in [0, 0.05) is 29.8 Å². The Morgan fingerprint density at radius 3 is 2.85 bits per heavy atom. The minimum atomic E-state index is 0.0446. The topological polar surface area (TPSA) is 38.1 Å². The summed E-state index contributed by atoms with van der Waals surface area (Å²) in [7, 11) is 0. The van der Waals surface area contributed by atoms with Crippen molar-refractivity contribution in [2.75, 3.05) is 6.54 Å². The molecule has 27 heavy (non-hydrogen) atoms. The SMILES string of the molecule is Cc1cccn(-c2ccc3nc([C@H]4C[C@H](N5CCC[C@H]5C)C4)sc3c2)c1=O. The summed E-state index contributed by atoms with van der Waals surface area (Å²) in [6, 6.07) is 11.4. The van der Waals surface area contributed by atoms with Gasteiger partial charge in [-0.3, -0.25) is 14.3 Å². The van der Waals surface area contributed by atoms with Crippen LogP contribution in [0, 0.1) is 6.92 Å². The number of benzene rings is 1. The number of fused-ring (bicyclic) bond motifs is 1. The van der Waals surface area contributed by atoms with Crippen LogP contribution in [0.2, 0.25) is 0 Å². The Labute approximate surface area is 163 Å². The molecule has 4 nitrogen and oxygen atoms in total. The summed E-state index contributed by atoms with van der Waals surface area (Å²) in [6.07, 6.45) is 7.03. The first-order valence-electron chi connectivity index (χ1n) is 9.95. The zero-order valence-electron chi connectivity index (χ0n) is 15.9. The van der Waals surface area contributed by atoms with E-state index in [2.05, 4.69) is 24.0 Å². The van der Waals surface area contributed by atoms with Crippen molar-refractivity contribution in [3.63, 3.8) is 0 Å². The van der Waals surface area contributed by atoms with E-state index in [0.717, 1.165) is 28.9 Å². The Balaban J connectivity index is 1.39. The summed E-state index contributed by atoms with van der Waals surface area (Å²) in [6.45, 7) is 5.50. The number of aryl methyl sites for hydroxylation is 1. The third-order valence-electron chi connectivity index (χ3n) is 6.34. The molecule has 1 saturated carbocycles. The molecule has 1 saturated heterocycles. The number of pyridine rings is 1. The number of nitrogens with zero attached hydrogens (tertiary/aromatic N) is 3. The number of thiazole rings is 1. The van der Waals surface area contributed by atoms with Crippen molar-refractivity contribution in [1.82, 2.24) is 14.5 Å². The van der Waals surface area contributed by atoms with Crippen molar-refractivity contribution in [3.8, 4) is 5.69 Å². The predicted molar refractivity (Wildman–Crippen MR) is 111 cm³/mol. The van der Waals surface area contributed by atoms with Crippen molar-refractivity contribution in [3.05, 3.63) is 57.5 Å². The quantitative estimate of drug-likeness (QED) is 0.673. The van der Waals surface area contributed by atoms with Crippen LogP contribution in [-0.4, -0.2) is 33.1 Å². The highest BCUT2D eigenvalue weighted by atomic mass is 32.1. The summed E-state index contributed by atoms with van der Waals surface area (Å²) < 4.78 is 2.90. The molecule has 1 aliphatic carbocycles. The van der Waals surface area contributed by atoms with E-state index in [1.807, 2.05) is 31.3 Å². The van der Waals surface area contributed by atoms with Gasteiger partial charge < -0.3 is 0 Å². The number of aromatic nitrogens is 2. The molecule has 3 heterocycles. The molecule has 1 aromatic carbocycles. The van der Waals surface area contributed by atoms with Crippen LogP contribution in [-0.2, 0) is 0 Å². The summed E-state index contributed by atoms with van der Waals surface area (Å²) in [5.74, 6) is 0.602. The van der Waals surface area contributed by atoms with Crippen LogP contribution >= 0.6 is 11.3 Å². The lowest BCUT2D eigenvalue weighted by atomic mass is 9.79. The molecule has 0 bridgehead atoms. The molecular weight excluding hydrogens is 354 g/mol. The van der Waals surface area contributed by atoms with Crippen molar-refractivity contribution in [2.24, 2.45) is 0 Å². The lowest BCUT2D eigenvalue weighted by molar-refractivity contribution is 0.103. The predicted octanol–water partition coefficient (Wildman–Crippen LogP) is 4.49. The Hall–Kier alpha value is -1.98. The minimum absolute atomic E-state index is 0.0446. The molecule has 2 aliphatic rings. The van der Waals surface area contributed by atoms with Crippen molar-refractivity contribution in [1.29, 1.82) is 0 Å². The van der Waals surface area contributed by atoms with Gasteiger partial charge in [-0.25, -0.2) is 4.98 Å². The number of hydrogen-bond acceptors (Lipinski definition) is 4. The maximum absolute atomic E-state index is 12.4. The standard InChI is InChI=1S/C22H25N3OS/c1-14-5-3-10-25(22(14)26)17-7-8-19-20(13-17)27-21(23-19)16-11-18(12-16)24-9-4-6-15(24)2/h3,5,7-8,10,13,15-16,18H,4,6,9,11-12H2,1-2H3/t15-,16-,18-/m1/s1. The average molecular weight is 380 g/mol. The molecular formula is C22H25N3OS. The van der Waals surface area contributed by atoms with E-state index in [1.54, 1.807) is 15.9 Å². The van der Waals surface area contributed by atoms with Crippen LogP contribution in [0.25, 0.3) is 15.9 Å². The second kappa shape index (κ2) is 6.57. The normalized spacial score (nSPS) is 25.8. The van der Waals surface area contributed by atoms with E-state index < -0.39 is 0 Å². The van der Waals surface area contributed by atoms with Gasteiger partial charge in [-0.2, -0.15) is 0 Å². The van der Waals surface area contributed by atoms with Gasteiger partial charge in [0.2, 0.25) is 0 Å². The second-order valence-corrected chi connectivity index (χ2v) is 9.18. The second-order valence-electron chi connectivity index (χ2n) is 8.12. The third-order valence-corrected chi connectivity index (χ3v) is 7.52. The van der Waals surface area contributed by atoms with Crippen LogP contribution in [0.3, 0.4) is 0 Å². The van der Waals surface area contributed by atoms with E-state index in [4.69, 9.17) is 4.98 Å². The number of hydrogen-bond donors (Lipinski definition) is 0. The van der Waals surface area contributed by atoms with Gasteiger partial charge in [0.25, 0.3) is 5.56 Å². The van der Waals surface area contributed by atoms with Crippen LogP contribution in [0.5, 0.6) is 0 Å². The fourth-order valence-corrected chi connectivity index (χ4v) is 5.75. The summed E-state index contributed by atoms with van der Waals surface area (Å²) in [5.41, 5.74) is 2.78. The smallest absolute Gasteiger partial charge is 0.257 e. The first-order valence-corrected chi connectivity index (χ1v) is 10.8. The van der Waals surface area contributed by atoms with Gasteiger partial charge in [0.05, 0.1) is 20.9 Å². The summed E-state index contributed by atoms with van der Waals surface area (Å²) in [4.78, 5) is 20.0. The first kappa shape index (κ1) is 17.1. The van der Waals surface area contributed by atoms with E-state index in [1.165, 1.54) is 41.9 Å². The van der Waals surface area contributed by atoms with E-state index >= 15 is 0 Å². The molecule has 5 rings (SSSR count). The average Bonchev–Trinajstić information content (AvgIpc) is 3.22. The third kappa shape index (κ3) is 2.93. The van der Waals surface area contributed by atoms with Crippen LogP contribution in [0.4, 0.5) is 0 Å². The van der Waals surface area contributed by atoms with Crippen molar-refractivity contribution in [2.45, 2.75) is 57.5 Å². The molecule has 3 aromatic rings. The van der Waals surface area contributed by atoms with Crippen molar-refractivity contribution >= 4 is 21.6 Å². The number of rotatable bonds is 3. The molecule has 0 unspecified atom stereocenters. The Bertz CT molecular complexity index is 1050. The highest BCUT2D eigenvalue weighted by Gasteiger charge is 2.39. The molecule has 140 valence electrons. The van der Waals surface area contributed by atoms with Gasteiger partial charge in [-0.05, 0) is 70.3 Å². The molecule has 1 atom stereocenters. The fourth-order valence-electron chi connectivity index (χ4n) is 4.62. The maximum atomic E-state index is 12.4. The summed E-state index contributed by atoms with van der Waals surface area (Å²) >= 11 is 1.80. The first-order chi connectivity index (χ1) is 13.1. The van der Waals surface area contributed by atoms with E-state index in [0.29, 0.717) is 5.92 Å². The van der Waals surface area contributed by atoms with Crippen LogP contribution < -0.4 is 5.56 Å². The van der Waals surface area contributed by atoms with Gasteiger partial charge in [0.15, 0.2) is 0 Å². The van der Waals surface area contributed by atoms with E-state index in [-0.39, 0.29) is 5.56 Å². The Kier molecular flexibility index (Phi) is 4.17. The van der Waals surface area contributed by atoms with Crippen LogP contribution in [0.15, 0.2) is 41.3 Å². The Morgan fingerprint density at radius 2 is 2.07 bits per heavy atom. The molecule has 2 fully saturated rings. The Morgan fingerprint density at radius 1 is 1.22 bits per heavy atom. The van der Waals surface area contributed by atoms with Gasteiger partial charge in [-0.15, -0.1) is 11.3 Å². The molecule has 0 radical (unpaired) electrons. The van der Waals surface area contributed by atoms with Gasteiger partial charge in [0.1, 0.15) is 0 Å². The van der Waals surface area contributed by atoms with Gasteiger partial charge >= 0.3 is 0 Å². The molecule has 0 amide bonds. The molecule has 2 aromatic heterocycles. The number of likely N-dealkylation sites (tertiary alicyclic amines) is 1. The fraction of sp³-hybridized carbons (Fsp3) is 0.455. The summed E-state index contributed by atoms with van der Waals surface area (Å²) in [5, 5.41) is 1.27. The maximum Gasteiger partial charge on any atom is 0.257 e. The molecule has 5 heteroatoms. The van der Waals surface area contributed by atoms with Crippen LogP contribution in [0.1, 0.15) is 49.1 Å². The van der Waals surface area contributed by atoms with E-state index in [9.17, 15) is 4.79 Å². The lowest BCUT2D eigenvalue weighted by Gasteiger charge is -2.42. The minimum Gasteiger partial charge on any atom is -0.298 e. The highest BCUT2D eigenvalue weighted by Crippen LogP contribution is 2.44. The monoisotopic (exact) mass is 379 g/mol. The highest BCUT2D eigenvalue weighted by molar-refractivity contribution is 7.18. The largest absolute Gasteiger partial charge is 0.298 e. The zero-order valence-corrected chi connectivity index (χ0v) is 16.7. The molecule has 0 N–H and O–H groups in total. The van der Waals surface area contributed by atoms with Gasteiger partial charge in [-0.1, -0.05) is 6.07 Å². The van der Waals surface area contributed by atoms with Crippen molar-refractivity contribution < 1.29 is 0 Å².